The first kappa shape index (κ1) is 17.2. The first-order valence-electron chi connectivity index (χ1n) is 7.80. The fourth-order valence-electron chi connectivity index (χ4n) is 2.59. The largest absolute Gasteiger partial charge is 0.309 e. The number of benzene rings is 1. The molecule has 0 bridgehead atoms. The zero-order valence-corrected chi connectivity index (χ0v) is 14.2. The van der Waals surface area contributed by atoms with Crippen LogP contribution in [0.1, 0.15) is 51.3 Å². The van der Waals surface area contributed by atoms with Crippen LogP contribution in [0.25, 0.3) is 0 Å². The van der Waals surface area contributed by atoms with Gasteiger partial charge in [0, 0.05) is 19.1 Å². The zero-order chi connectivity index (χ0) is 15.2. The molecule has 0 saturated carbocycles. The van der Waals surface area contributed by atoms with Crippen LogP contribution in [0.3, 0.4) is 0 Å². The molecule has 20 heavy (non-hydrogen) atoms. The molecule has 0 aliphatic rings. The molecule has 0 fully saturated rings. The lowest BCUT2D eigenvalue weighted by Crippen LogP contribution is -2.37. The van der Waals surface area contributed by atoms with E-state index in [-0.39, 0.29) is 0 Å². The molecule has 2 heteroatoms. The monoisotopic (exact) mass is 276 g/mol. The van der Waals surface area contributed by atoms with E-state index in [1.807, 2.05) is 0 Å². The quantitative estimate of drug-likeness (QED) is 0.809. The molecule has 114 valence electrons. The highest BCUT2D eigenvalue weighted by Gasteiger charge is 2.18. The normalized spacial score (nSPS) is 13.8. The zero-order valence-electron chi connectivity index (χ0n) is 14.2. The number of nitrogens with zero attached hydrogens (tertiary/aromatic N) is 1. The Morgan fingerprint density at radius 3 is 2.25 bits per heavy atom. The number of hydrogen-bond donors (Lipinski definition) is 1. The molecule has 0 spiro atoms. The lowest BCUT2D eigenvalue weighted by Gasteiger charge is -2.30. The second-order valence-electron chi connectivity index (χ2n) is 7.17. The van der Waals surface area contributed by atoms with Gasteiger partial charge >= 0.3 is 0 Å². The highest BCUT2D eigenvalue weighted by molar-refractivity contribution is 5.24. The fourth-order valence-corrected chi connectivity index (χ4v) is 2.59. The Balaban J connectivity index is 2.71. The second kappa shape index (κ2) is 7.80. The molecule has 0 saturated heterocycles. The van der Waals surface area contributed by atoms with Gasteiger partial charge in [-0.05, 0) is 37.9 Å². The number of nitrogens with one attached hydrogen (secondary N) is 1. The highest BCUT2D eigenvalue weighted by atomic mass is 15.1. The van der Waals surface area contributed by atoms with Gasteiger partial charge in [0.25, 0.3) is 0 Å². The SMILES string of the molecule is CCCNC(CN(C)CC(C)(C)C)c1ccc(C)cc1. The third-order valence-corrected chi connectivity index (χ3v) is 3.36. The van der Waals surface area contributed by atoms with Gasteiger partial charge in [-0.3, -0.25) is 0 Å². The van der Waals surface area contributed by atoms with Crippen LogP contribution in [0.5, 0.6) is 0 Å². The average molecular weight is 276 g/mol. The number of aryl methyl sites for hydroxylation is 1. The molecule has 1 atom stereocenters. The van der Waals surface area contributed by atoms with Gasteiger partial charge in [-0.15, -0.1) is 0 Å². The van der Waals surface area contributed by atoms with Crippen molar-refractivity contribution in [2.24, 2.45) is 5.41 Å². The highest BCUT2D eigenvalue weighted by Crippen LogP contribution is 2.19. The van der Waals surface area contributed by atoms with E-state index in [0.29, 0.717) is 11.5 Å². The minimum atomic E-state index is 0.345. The third-order valence-electron chi connectivity index (χ3n) is 3.36. The van der Waals surface area contributed by atoms with E-state index in [2.05, 4.69) is 76.1 Å². The van der Waals surface area contributed by atoms with Gasteiger partial charge in [0.15, 0.2) is 0 Å². The summed E-state index contributed by atoms with van der Waals surface area (Å²) >= 11 is 0. The molecule has 0 amide bonds. The topological polar surface area (TPSA) is 15.3 Å². The molecular formula is C18H32N2. The summed E-state index contributed by atoms with van der Waals surface area (Å²) < 4.78 is 0. The molecule has 1 unspecified atom stereocenters. The number of likely N-dealkylation sites (N-methyl/N-ethyl adjacent to an activating group) is 1. The van der Waals surface area contributed by atoms with Crippen LogP contribution in [0.15, 0.2) is 24.3 Å². The Morgan fingerprint density at radius 2 is 1.75 bits per heavy atom. The van der Waals surface area contributed by atoms with Crippen LogP contribution in [0, 0.1) is 12.3 Å². The Morgan fingerprint density at radius 1 is 1.15 bits per heavy atom. The minimum Gasteiger partial charge on any atom is -0.309 e. The summed E-state index contributed by atoms with van der Waals surface area (Å²) in [6, 6.07) is 9.35. The van der Waals surface area contributed by atoms with Crippen LogP contribution in [-0.2, 0) is 0 Å². The van der Waals surface area contributed by atoms with Gasteiger partial charge in [0.2, 0.25) is 0 Å². The van der Waals surface area contributed by atoms with Crippen molar-refractivity contribution >= 4 is 0 Å². The lowest BCUT2D eigenvalue weighted by atomic mass is 9.95. The summed E-state index contributed by atoms with van der Waals surface area (Å²) in [5.41, 5.74) is 3.06. The summed E-state index contributed by atoms with van der Waals surface area (Å²) in [6.45, 7) is 14.5. The van der Waals surface area contributed by atoms with Crippen molar-refractivity contribution in [3.8, 4) is 0 Å². The first-order chi connectivity index (χ1) is 9.31. The summed E-state index contributed by atoms with van der Waals surface area (Å²) in [5, 5.41) is 3.68. The third kappa shape index (κ3) is 6.53. The second-order valence-corrected chi connectivity index (χ2v) is 7.17. The van der Waals surface area contributed by atoms with E-state index in [4.69, 9.17) is 0 Å². The van der Waals surface area contributed by atoms with Crippen molar-refractivity contribution in [3.05, 3.63) is 35.4 Å². The predicted octanol–water partition coefficient (Wildman–Crippen LogP) is 4.01. The van der Waals surface area contributed by atoms with Gasteiger partial charge in [-0.2, -0.15) is 0 Å². The van der Waals surface area contributed by atoms with E-state index in [1.165, 1.54) is 17.5 Å². The van der Waals surface area contributed by atoms with Gasteiger partial charge in [0.1, 0.15) is 0 Å². The summed E-state index contributed by atoms with van der Waals surface area (Å²) in [7, 11) is 2.22. The van der Waals surface area contributed by atoms with Crippen molar-refractivity contribution < 1.29 is 0 Å². The fraction of sp³-hybridized carbons (Fsp3) is 0.667. The summed E-state index contributed by atoms with van der Waals surface area (Å²) in [6.07, 6.45) is 1.17. The maximum atomic E-state index is 3.68. The number of hydrogen-bond acceptors (Lipinski definition) is 2. The molecule has 1 aromatic rings. The average Bonchev–Trinajstić information content (AvgIpc) is 2.33. The maximum absolute atomic E-state index is 3.68. The van der Waals surface area contributed by atoms with Gasteiger partial charge < -0.3 is 10.2 Å². The molecule has 0 aliphatic heterocycles. The minimum absolute atomic E-state index is 0.345. The Labute approximate surface area is 125 Å². The van der Waals surface area contributed by atoms with E-state index in [9.17, 15) is 0 Å². The van der Waals surface area contributed by atoms with Gasteiger partial charge in [-0.1, -0.05) is 57.5 Å². The summed E-state index contributed by atoms with van der Waals surface area (Å²) in [4.78, 5) is 2.44. The Kier molecular flexibility index (Phi) is 6.70. The molecule has 1 rings (SSSR count). The standard InChI is InChI=1S/C18H32N2/c1-7-12-19-17(13-20(6)14-18(3,4)5)16-10-8-15(2)9-11-16/h8-11,17,19H,7,12-14H2,1-6H3. The van der Waals surface area contributed by atoms with Crippen LogP contribution >= 0.6 is 0 Å². The smallest absolute Gasteiger partial charge is 0.0449 e. The van der Waals surface area contributed by atoms with Crippen molar-refractivity contribution in [3.63, 3.8) is 0 Å². The maximum Gasteiger partial charge on any atom is 0.0449 e. The van der Waals surface area contributed by atoms with Crippen molar-refractivity contribution in [1.82, 2.24) is 10.2 Å². The van der Waals surface area contributed by atoms with Crippen LogP contribution in [-0.4, -0.2) is 31.6 Å². The number of rotatable bonds is 7. The molecular weight excluding hydrogens is 244 g/mol. The molecule has 1 N–H and O–H groups in total. The van der Waals surface area contributed by atoms with E-state index in [1.54, 1.807) is 0 Å². The van der Waals surface area contributed by atoms with Crippen molar-refractivity contribution in [2.45, 2.75) is 47.1 Å². The summed E-state index contributed by atoms with van der Waals surface area (Å²) in [5.74, 6) is 0. The first-order valence-corrected chi connectivity index (χ1v) is 7.80. The molecule has 0 radical (unpaired) electrons. The van der Waals surface area contributed by atoms with E-state index < -0.39 is 0 Å². The predicted molar refractivity (Wildman–Crippen MR) is 89.2 cm³/mol. The molecule has 2 nitrogen and oxygen atoms in total. The lowest BCUT2D eigenvalue weighted by molar-refractivity contribution is 0.208. The van der Waals surface area contributed by atoms with Crippen molar-refractivity contribution in [2.75, 3.05) is 26.7 Å². The Hall–Kier alpha value is -0.860. The van der Waals surface area contributed by atoms with Gasteiger partial charge in [0.05, 0.1) is 0 Å². The molecule has 0 heterocycles. The van der Waals surface area contributed by atoms with Crippen LogP contribution < -0.4 is 5.32 Å². The van der Waals surface area contributed by atoms with Gasteiger partial charge in [-0.25, -0.2) is 0 Å². The van der Waals surface area contributed by atoms with Crippen molar-refractivity contribution in [1.29, 1.82) is 0 Å². The Bertz CT molecular complexity index is 375. The molecule has 0 aliphatic carbocycles. The van der Waals surface area contributed by atoms with E-state index >= 15 is 0 Å². The molecule has 1 aromatic carbocycles. The van der Waals surface area contributed by atoms with Crippen LogP contribution in [0.4, 0.5) is 0 Å². The van der Waals surface area contributed by atoms with Crippen LogP contribution in [0.2, 0.25) is 0 Å². The molecule has 0 aromatic heterocycles. The van der Waals surface area contributed by atoms with E-state index in [0.717, 1.165) is 19.6 Å².